The molecule has 0 fully saturated rings. The van der Waals surface area contributed by atoms with Crippen molar-refractivity contribution in [2.24, 2.45) is 5.14 Å². The number of primary sulfonamides is 1. The largest absolute Gasteiger partial charge is 0.411 e. The number of nitrogens with two attached hydrogens (primary N) is 1. The van der Waals surface area contributed by atoms with Gasteiger partial charge in [0.25, 0.3) is 0 Å². The molecule has 2 N–H and O–H groups in total. The molecule has 1 rings (SSSR count). The van der Waals surface area contributed by atoms with Gasteiger partial charge in [0.05, 0.1) is 6.20 Å². The Hall–Kier alpha value is -1.13. The van der Waals surface area contributed by atoms with E-state index < -0.39 is 22.8 Å². The fourth-order valence-electron chi connectivity index (χ4n) is 1.13. The Balaban J connectivity index is 2.31. The van der Waals surface area contributed by atoms with Crippen LogP contribution in [0.15, 0.2) is 17.3 Å². The summed E-state index contributed by atoms with van der Waals surface area (Å²) < 4.78 is 62.6. The standard InChI is InChI=1S/C8H12F3N3O3S/c9-8(10,11)6-17-3-1-2-14-5-7(4-13-14)18(12,15)16/h4-5H,1-3,6H2,(H2,12,15,16). The summed E-state index contributed by atoms with van der Waals surface area (Å²) in [4.78, 5) is -0.140. The number of halogens is 3. The second-order valence-corrected chi connectivity index (χ2v) is 5.07. The summed E-state index contributed by atoms with van der Waals surface area (Å²) in [7, 11) is -3.80. The van der Waals surface area contributed by atoms with Crippen molar-refractivity contribution in [3.05, 3.63) is 12.4 Å². The third kappa shape index (κ3) is 5.47. The molecule has 6 nitrogen and oxygen atoms in total. The maximum atomic E-state index is 11.7. The minimum Gasteiger partial charge on any atom is -0.372 e. The number of aryl methyl sites for hydroxylation is 1. The Kier molecular flexibility index (Phi) is 4.71. The molecule has 1 heterocycles. The van der Waals surface area contributed by atoms with Crippen molar-refractivity contribution in [1.29, 1.82) is 0 Å². The van der Waals surface area contributed by atoms with Gasteiger partial charge in [-0.25, -0.2) is 13.6 Å². The van der Waals surface area contributed by atoms with E-state index in [1.54, 1.807) is 0 Å². The third-order valence-corrected chi connectivity index (χ3v) is 2.75. The second kappa shape index (κ2) is 5.67. The lowest BCUT2D eigenvalue weighted by molar-refractivity contribution is -0.174. The molecular formula is C8H12F3N3O3S. The van der Waals surface area contributed by atoms with Gasteiger partial charge in [0.2, 0.25) is 10.0 Å². The van der Waals surface area contributed by atoms with Crippen LogP contribution in [-0.4, -0.2) is 37.6 Å². The van der Waals surface area contributed by atoms with Gasteiger partial charge < -0.3 is 4.74 Å². The van der Waals surface area contributed by atoms with Crippen LogP contribution in [0.2, 0.25) is 0 Å². The highest BCUT2D eigenvalue weighted by Crippen LogP contribution is 2.14. The number of hydrogen-bond acceptors (Lipinski definition) is 4. The molecule has 0 saturated heterocycles. The van der Waals surface area contributed by atoms with Crippen molar-refractivity contribution in [2.45, 2.75) is 24.0 Å². The number of nitrogens with zero attached hydrogens (tertiary/aromatic N) is 2. The lowest BCUT2D eigenvalue weighted by Crippen LogP contribution is -2.17. The van der Waals surface area contributed by atoms with Crippen molar-refractivity contribution >= 4 is 10.0 Å². The van der Waals surface area contributed by atoms with Crippen molar-refractivity contribution in [3.63, 3.8) is 0 Å². The molecule has 104 valence electrons. The highest BCUT2D eigenvalue weighted by atomic mass is 32.2. The number of sulfonamides is 1. The van der Waals surface area contributed by atoms with Crippen LogP contribution in [0, 0.1) is 0 Å². The van der Waals surface area contributed by atoms with Crippen molar-refractivity contribution in [3.8, 4) is 0 Å². The van der Waals surface area contributed by atoms with Crippen LogP contribution in [-0.2, 0) is 21.3 Å². The molecule has 0 unspecified atom stereocenters. The topological polar surface area (TPSA) is 87.2 Å². The van der Waals surface area contributed by atoms with Gasteiger partial charge in [0.15, 0.2) is 0 Å². The van der Waals surface area contributed by atoms with Gasteiger partial charge in [-0.2, -0.15) is 18.3 Å². The second-order valence-electron chi connectivity index (χ2n) is 3.51. The fourth-order valence-corrected chi connectivity index (χ4v) is 1.59. The van der Waals surface area contributed by atoms with E-state index in [4.69, 9.17) is 5.14 Å². The SMILES string of the molecule is NS(=O)(=O)c1cnn(CCCOCC(F)(F)F)c1. The molecule has 0 spiro atoms. The molecule has 0 atom stereocenters. The van der Waals surface area contributed by atoms with Crippen molar-refractivity contribution in [1.82, 2.24) is 9.78 Å². The molecule has 10 heteroatoms. The molecule has 0 aliphatic heterocycles. The molecule has 18 heavy (non-hydrogen) atoms. The minimum atomic E-state index is -4.34. The number of ether oxygens (including phenoxy) is 1. The van der Waals surface area contributed by atoms with E-state index >= 15 is 0 Å². The van der Waals surface area contributed by atoms with Crippen LogP contribution in [0.4, 0.5) is 13.2 Å². The highest BCUT2D eigenvalue weighted by molar-refractivity contribution is 7.89. The van der Waals surface area contributed by atoms with Gasteiger partial charge in [-0.3, -0.25) is 4.68 Å². The monoisotopic (exact) mass is 287 g/mol. The summed E-state index contributed by atoms with van der Waals surface area (Å²) in [5, 5.41) is 8.57. The van der Waals surface area contributed by atoms with Crippen LogP contribution < -0.4 is 5.14 Å². The first kappa shape index (κ1) is 14.9. The Morgan fingerprint density at radius 1 is 1.44 bits per heavy atom. The lowest BCUT2D eigenvalue weighted by Gasteiger charge is -2.07. The predicted octanol–water partition coefficient (Wildman–Crippen LogP) is 0.499. The fraction of sp³-hybridized carbons (Fsp3) is 0.625. The summed E-state index contributed by atoms with van der Waals surface area (Å²) in [5.41, 5.74) is 0. The van der Waals surface area contributed by atoms with Gasteiger partial charge in [-0.1, -0.05) is 0 Å². The average molecular weight is 287 g/mol. The normalized spacial score (nSPS) is 12.9. The Morgan fingerprint density at radius 3 is 2.61 bits per heavy atom. The molecule has 0 saturated carbocycles. The first-order chi connectivity index (χ1) is 8.18. The van der Waals surface area contributed by atoms with Crippen LogP contribution in [0.5, 0.6) is 0 Å². The molecule has 1 aromatic rings. The quantitative estimate of drug-likeness (QED) is 0.772. The first-order valence-electron chi connectivity index (χ1n) is 4.88. The van der Waals surface area contributed by atoms with Crippen LogP contribution in [0.1, 0.15) is 6.42 Å². The van der Waals surface area contributed by atoms with E-state index in [1.165, 1.54) is 10.9 Å². The molecule has 0 aliphatic rings. The Labute approximate surface area is 102 Å². The number of alkyl halides is 3. The van der Waals surface area contributed by atoms with Crippen molar-refractivity contribution < 1.29 is 26.3 Å². The molecule has 0 bridgehead atoms. The number of rotatable bonds is 6. The zero-order valence-corrected chi connectivity index (χ0v) is 10.0. The minimum absolute atomic E-state index is 0.0932. The average Bonchev–Trinajstić information content (AvgIpc) is 2.63. The molecule has 0 aromatic carbocycles. The Bertz CT molecular complexity index is 483. The highest BCUT2D eigenvalue weighted by Gasteiger charge is 2.27. The molecular weight excluding hydrogens is 275 g/mol. The van der Waals surface area contributed by atoms with Gasteiger partial charge in [0.1, 0.15) is 11.5 Å². The van der Waals surface area contributed by atoms with E-state index in [9.17, 15) is 21.6 Å². The van der Waals surface area contributed by atoms with Gasteiger partial charge in [0, 0.05) is 19.3 Å². The van der Waals surface area contributed by atoms with E-state index in [-0.39, 0.29) is 24.5 Å². The van der Waals surface area contributed by atoms with Gasteiger partial charge in [-0.05, 0) is 6.42 Å². The smallest absolute Gasteiger partial charge is 0.372 e. The molecule has 0 aliphatic carbocycles. The number of aromatic nitrogens is 2. The van der Waals surface area contributed by atoms with Crippen LogP contribution >= 0.6 is 0 Å². The van der Waals surface area contributed by atoms with E-state index in [1.807, 2.05) is 0 Å². The van der Waals surface area contributed by atoms with E-state index in [0.717, 1.165) is 6.20 Å². The van der Waals surface area contributed by atoms with Crippen LogP contribution in [0.25, 0.3) is 0 Å². The van der Waals surface area contributed by atoms with Crippen LogP contribution in [0.3, 0.4) is 0 Å². The van der Waals surface area contributed by atoms with Gasteiger partial charge in [-0.15, -0.1) is 0 Å². The summed E-state index contributed by atoms with van der Waals surface area (Å²) in [6.45, 7) is -1.15. The predicted molar refractivity (Wildman–Crippen MR) is 55.1 cm³/mol. The summed E-state index contributed by atoms with van der Waals surface area (Å²) in [6, 6.07) is 0. The maximum absolute atomic E-state index is 11.7. The maximum Gasteiger partial charge on any atom is 0.411 e. The zero-order chi connectivity index (χ0) is 13.8. The van der Waals surface area contributed by atoms with E-state index in [2.05, 4.69) is 9.84 Å². The zero-order valence-electron chi connectivity index (χ0n) is 9.22. The third-order valence-electron chi connectivity index (χ3n) is 1.88. The number of hydrogen-bond donors (Lipinski definition) is 1. The summed E-state index contributed by atoms with van der Waals surface area (Å²) in [6.07, 6.45) is -1.78. The van der Waals surface area contributed by atoms with E-state index in [0.29, 0.717) is 0 Å². The molecule has 0 amide bonds. The van der Waals surface area contributed by atoms with Gasteiger partial charge >= 0.3 is 6.18 Å². The first-order valence-corrected chi connectivity index (χ1v) is 6.43. The Morgan fingerprint density at radius 2 is 2.11 bits per heavy atom. The lowest BCUT2D eigenvalue weighted by atomic mass is 10.4. The summed E-state index contributed by atoms with van der Waals surface area (Å²) >= 11 is 0. The molecule has 0 radical (unpaired) electrons. The van der Waals surface area contributed by atoms with Crippen molar-refractivity contribution in [2.75, 3.05) is 13.2 Å². The molecule has 1 aromatic heterocycles. The summed E-state index contributed by atoms with van der Waals surface area (Å²) in [5.74, 6) is 0.